The van der Waals surface area contributed by atoms with Crippen LogP contribution in [0.1, 0.15) is 52.9 Å². The zero-order valence-corrected chi connectivity index (χ0v) is 12.8. The Bertz CT molecular complexity index is 257. The Morgan fingerprint density at radius 2 is 1.94 bits per heavy atom. The SMILES string of the molecule is CC(C)(C)SCC(=O)NC(CN)C1CCCCC1. The molecule has 0 spiro atoms. The molecule has 0 saturated heterocycles. The Hall–Kier alpha value is -0.220. The first-order valence-corrected chi connectivity index (χ1v) is 8.04. The molecule has 4 heteroatoms. The van der Waals surface area contributed by atoms with Gasteiger partial charge in [-0.1, -0.05) is 40.0 Å². The quantitative estimate of drug-likeness (QED) is 0.808. The molecule has 3 nitrogen and oxygen atoms in total. The fourth-order valence-electron chi connectivity index (χ4n) is 2.44. The van der Waals surface area contributed by atoms with E-state index in [2.05, 4.69) is 26.1 Å². The van der Waals surface area contributed by atoms with Gasteiger partial charge in [0.1, 0.15) is 0 Å². The van der Waals surface area contributed by atoms with Gasteiger partial charge in [-0.3, -0.25) is 4.79 Å². The summed E-state index contributed by atoms with van der Waals surface area (Å²) in [4.78, 5) is 11.9. The molecule has 106 valence electrons. The van der Waals surface area contributed by atoms with Crippen molar-refractivity contribution in [1.29, 1.82) is 0 Å². The molecule has 0 aromatic heterocycles. The van der Waals surface area contributed by atoms with Crippen LogP contribution in [0, 0.1) is 5.92 Å². The summed E-state index contributed by atoms with van der Waals surface area (Å²) >= 11 is 1.69. The van der Waals surface area contributed by atoms with Crippen LogP contribution in [0.4, 0.5) is 0 Å². The topological polar surface area (TPSA) is 55.1 Å². The predicted octanol–water partition coefficient (Wildman–Crippen LogP) is 2.54. The van der Waals surface area contributed by atoms with E-state index in [1.54, 1.807) is 11.8 Å². The Kier molecular flexibility index (Phi) is 6.50. The average Bonchev–Trinajstić information content (AvgIpc) is 2.33. The molecular weight excluding hydrogens is 244 g/mol. The van der Waals surface area contributed by atoms with Gasteiger partial charge in [-0.05, 0) is 18.8 Å². The number of carbonyl (C=O) groups is 1. The number of amides is 1. The van der Waals surface area contributed by atoms with Crippen LogP contribution in [0.5, 0.6) is 0 Å². The summed E-state index contributed by atoms with van der Waals surface area (Å²) in [7, 11) is 0. The van der Waals surface area contributed by atoms with E-state index in [4.69, 9.17) is 5.73 Å². The van der Waals surface area contributed by atoms with Gasteiger partial charge in [0, 0.05) is 17.3 Å². The molecule has 3 N–H and O–H groups in total. The van der Waals surface area contributed by atoms with E-state index >= 15 is 0 Å². The molecule has 0 heterocycles. The molecule has 18 heavy (non-hydrogen) atoms. The summed E-state index contributed by atoms with van der Waals surface area (Å²) in [5, 5.41) is 3.12. The first-order valence-electron chi connectivity index (χ1n) is 7.06. The Morgan fingerprint density at radius 1 is 1.33 bits per heavy atom. The van der Waals surface area contributed by atoms with E-state index in [0.29, 0.717) is 18.2 Å². The van der Waals surface area contributed by atoms with E-state index in [9.17, 15) is 4.79 Å². The molecule has 1 aliphatic carbocycles. The van der Waals surface area contributed by atoms with Gasteiger partial charge >= 0.3 is 0 Å². The highest BCUT2D eigenvalue weighted by atomic mass is 32.2. The van der Waals surface area contributed by atoms with Crippen molar-refractivity contribution in [3.8, 4) is 0 Å². The van der Waals surface area contributed by atoms with E-state index in [1.807, 2.05) is 0 Å². The second-order valence-corrected chi connectivity index (χ2v) is 8.01. The molecule has 1 atom stereocenters. The third-order valence-corrected chi connectivity index (χ3v) is 4.73. The highest BCUT2D eigenvalue weighted by molar-refractivity contribution is 8.01. The normalized spacial score (nSPS) is 19.6. The van der Waals surface area contributed by atoms with Gasteiger partial charge in [0.2, 0.25) is 5.91 Å². The lowest BCUT2D eigenvalue weighted by Crippen LogP contribution is -2.46. The predicted molar refractivity (Wildman–Crippen MR) is 79.8 cm³/mol. The van der Waals surface area contributed by atoms with Crippen molar-refractivity contribution in [2.75, 3.05) is 12.3 Å². The fraction of sp³-hybridized carbons (Fsp3) is 0.929. The van der Waals surface area contributed by atoms with Gasteiger partial charge in [-0.25, -0.2) is 0 Å². The number of nitrogens with one attached hydrogen (secondary N) is 1. The van der Waals surface area contributed by atoms with Gasteiger partial charge in [0.05, 0.1) is 5.75 Å². The maximum Gasteiger partial charge on any atom is 0.230 e. The smallest absolute Gasteiger partial charge is 0.230 e. The summed E-state index contributed by atoms with van der Waals surface area (Å²) < 4.78 is 0.139. The Morgan fingerprint density at radius 3 is 2.44 bits per heavy atom. The molecule has 1 amide bonds. The minimum atomic E-state index is 0.135. The summed E-state index contributed by atoms with van der Waals surface area (Å²) in [6.45, 7) is 6.96. The molecule has 1 fully saturated rings. The van der Waals surface area contributed by atoms with E-state index in [1.165, 1.54) is 32.1 Å². The lowest BCUT2D eigenvalue weighted by atomic mass is 9.84. The lowest BCUT2D eigenvalue weighted by molar-refractivity contribution is -0.119. The summed E-state index contributed by atoms with van der Waals surface area (Å²) in [5.41, 5.74) is 5.81. The third-order valence-electron chi connectivity index (χ3n) is 3.46. The number of hydrogen-bond acceptors (Lipinski definition) is 3. The molecule has 0 aliphatic heterocycles. The summed E-state index contributed by atoms with van der Waals surface area (Å²) in [6.07, 6.45) is 6.34. The van der Waals surface area contributed by atoms with Crippen molar-refractivity contribution in [1.82, 2.24) is 5.32 Å². The molecule has 1 saturated carbocycles. The minimum Gasteiger partial charge on any atom is -0.351 e. The van der Waals surface area contributed by atoms with Crippen LogP contribution in [0.25, 0.3) is 0 Å². The fourth-order valence-corrected chi connectivity index (χ4v) is 3.08. The van der Waals surface area contributed by atoms with E-state index in [-0.39, 0.29) is 16.7 Å². The maximum atomic E-state index is 11.9. The van der Waals surface area contributed by atoms with Crippen LogP contribution in [0.3, 0.4) is 0 Å². The minimum absolute atomic E-state index is 0.135. The molecule has 1 unspecified atom stereocenters. The van der Waals surface area contributed by atoms with Crippen LogP contribution in [-0.4, -0.2) is 29.0 Å². The largest absolute Gasteiger partial charge is 0.351 e. The Labute approximate surface area is 116 Å². The van der Waals surface area contributed by atoms with Crippen molar-refractivity contribution in [2.24, 2.45) is 11.7 Å². The number of carbonyl (C=O) groups excluding carboxylic acids is 1. The molecular formula is C14H28N2OS. The number of nitrogens with two attached hydrogens (primary N) is 1. The lowest BCUT2D eigenvalue weighted by Gasteiger charge is -2.30. The first-order chi connectivity index (χ1) is 8.42. The van der Waals surface area contributed by atoms with Gasteiger partial charge in [-0.15, -0.1) is 11.8 Å². The van der Waals surface area contributed by atoms with E-state index in [0.717, 1.165) is 0 Å². The van der Waals surface area contributed by atoms with E-state index < -0.39 is 0 Å². The van der Waals surface area contributed by atoms with Crippen molar-refractivity contribution >= 4 is 17.7 Å². The zero-order valence-electron chi connectivity index (χ0n) is 12.0. The van der Waals surface area contributed by atoms with Crippen LogP contribution in [-0.2, 0) is 4.79 Å². The van der Waals surface area contributed by atoms with Crippen LogP contribution in [0.2, 0.25) is 0 Å². The first kappa shape index (κ1) is 15.8. The summed E-state index contributed by atoms with van der Waals surface area (Å²) in [5.74, 6) is 1.26. The number of rotatable bonds is 5. The molecule has 0 aromatic rings. The number of thioether (sulfide) groups is 1. The molecule has 1 rings (SSSR count). The molecule has 1 aliphatic rings. The molecule has 0 aromatic carbocycles. The zero-order chi connectivity index (χ0) is 13.6. The Balaban J connectivity index is 2.35. The van der Waals surface area contributed by atoms with Crippen molar-refractivity contribution in [2.45, 2.75) is 63.7 Å². The van der Waals surface area contributed by atoms with Crippen molar-refractivity contribution < 1.29 is 4.79 Å². The second kappa shape index (κ2) is 7.39. The highest BCUT2D eigenvalue weighted by Gasteiger charge is 2.24. The van der Waals surface area contributed by atoms with Crippen LogP contribution in [0.15, 0.2) is 0 Å². The monoisotopic (exact) mass is 272 g/mol. The average molecular weight is 272 g/mol. The maximum absolute atomic E-state index is 11.9. The standard InChI is InChI=1S/C14H28N2OS/c1-14(2,3)18-10-13(17)16-12(9-15)11-7-5-4-6-8-11/h11-12H,4-10,15H2,1-3H3,(H,16,17). The van der Waals surface area contributed by atoms with Gasteiger partial charge in [0.25, 0.3) is 0 Å². The van der Waals surface area contributed by atoms with Crippen molar-refractivity contribution in [3.05, 3.63) is 0 Å². The van der Waals surface area contributed by atoms with Gasteiger partial charge in [0.15, 0.2) is 0 Å². The third kappa shape index (κ3) is 6.10. The second-order valence-electron chi connectivity index (χ2n) is 6.21. The number of hydrogen-bond donors (Lipinski definition) is 2. The van der Waals surface area contributed by atoms with Crippen LogP contribution < -0.4 is 11.1 Å². The van der Waals surface area contributed by atoms with Gasteiger partial charge in [-0.2, -0.15) is 0 Å². The molecule has 0 bridgehead atoms. The molecule has 0 radical (unpaired) electrons. The van der Waals surface area contributed by atoms with Crippen LogP contribution >= 0.6 is 11.8 Å². The summed E-state index contributed by atoms with van der Waals surface area (Å²) in [6, 6.07) is 0.179. The van der Waals surface area contributed by atoms with Crippen molar-refractivity contribution in [3.63, 3.8) is 0 Å². The highest BCUT2D eigenvalue weighted by Crippen LogP contribution is 2.26. The van der Waals surface area contributed by atoms with Gasteiger partial charge < -0.3 is 11.1 Å².